The van der Waals surface area contributed by atoms with E-state index >= 15 is 0 Å². The summed E-state index contributed by atoms with van der Waals surface area (Å²) in [6, 6.07) is 0.771. The van der Waals surface area contributed by atoms with Crippen LogP contribution in [0.25, 0.3) is 0 Å². The summed E-state index contributed by atoms with van der Waals surface area (Å²) in [6.45, 7) is 9.68. The minimum Gasteiger partial charge on any atom is -0.336 e. The van der Waals surface area contributed by atoms with Crippen molar-refractivity contribution in [2.45, 2.75) is 32.9 Å². The van der Waals surface area contributed by atoms with E-state index in [1.54, 1.807) is 0 Å². The molecule has 1 saturated heterocycles. The molecule has 1 amide bonds. The highest BCUT2D eigenvalue weighted by Gasteiger charge is 2.27. The molecule has 1 heterocycles. The molecule has 0 spiro atoms. The van der Waals surface area contributed by atoms with Gasteiger partial charge in [0.05, 0.1) is 6.54 Å². The molecule has 1 N–H and O–H groups in total. The van der Waals surface area contributed by atoms with E-state index in [9.17, 15) is 4.79 Å². The SMILES string of the molecule is CNCC(C)N1CCN(C(C)C)CC1=O. The number of rotatable bonds is 4. The third-order valence-electron chi connectivity index (χ3n) is 3.05. The lowest BCUT2D eigenvalue weighted by atomic mass is 10.2. The van der Waals surface area contributed by atoms with Crippen molar-refractivity contribution in [3.8, 4) is 0 Å². The van der Waals surface area contributed by atoms with E-state index in [0.717, 1.165) is 19.6 Å². The molecule has 15 heavy (non-hydrogen) atoms. The van der Waals surface area contributed by atoms with Gasteiger partial charge in [0.25, 0.3) is 0 Å². The number of nitrogens with zero attached hydrogens (tertiary/aromatic N) is 2. The van der Waals surface area contributed by atoms with Gasteiger partial charge in [-0.05, 0) is 27.8 Å². The van der Waals surface area contributed by atoms with Crippen molar-refractivity contribution in [3.63, 3.8) is 0 Å². The predicted molar refractivity (Wildman–Crippen MR) is 61.8 cm³/mol. The number of hydrogen-bond donors (Lipinski definition) is 1. The summed E-state index contributed by atoms with van der Waals surface area (Å²) in [6.07, 6.45) is 0. The van der Waals surface area contributed by atoms with Gasteiger partial charge in [0.1, 0.15) is 0 Å². The molecule has 0 aromatic heterocycles. The summed E-state index contributed by atoms with van der Waals surface area (Å²) in [5.74, 6) is 0.262. The van der Waals surface area contributed by atoms with Crippen LogP contribution in [0.15, 0.2) is 0 Å². The quantitative estimate of drug-likeness (QED) is 0.722. The predicted octanol–water partition coefficient (Wildman–Crippen LogP) is 0.147. The lowest BCUT2D eigenvalue weighted by molar-refractivity contribution is -0.139. The molecule has 0 saturated carbocycles. The molecule has 0 radical (unpaired) electrons. The van der Waals surface area contributed by atoms with Gasteiger partial charge < -0.3 is 10.2 Å². The Bertz CT molecular complexity index is 218. The second-order valence-electron chi connectivity index (χ2n) is 4.56. The number of hydrogen-bond acceptors (Lipinski definition) is 3. The first kappa shape index (κ1) is 12.5. The first-order valence-corrected chi connectivity index (χ1v) is 5.74. The third-order valence-corrected chi connectivity index (χ3v) is 3.05. The molecule has 1 atom stereocenters. The van der Waals surface area contributed by atoms with Crippen molar-refractivity contribution in [1.82, 2.24) is 15.1 Å². The van der Waals surface area contributed by atoms with Crippen molar-refractivity contribution in [3.05, 3.63) is 0 Å². The standard InChI is InChI=1S/C11H23N3O/c1-9(2)13-5-6-14(11(15)8-13)10(3)7-12-4/h9-10,12H,5-8H2,1-4H3. The Hall–Kier alpha value is -0.610. The fourth-order valence-corrected chi connectivity index (χ4v) is 2.02. The molecule has 4 nitrogen and oxygen atoms in total. The van der Waals surface area contributed by atoms with Crippen LogP contribution < -0.4 is 5.32 Å². The summed E-state index contributed by atoms with van der Waals surface area (Å²) in [5, 5.41) is 3.11. The summed E-state index contributed by atoms with van der Waals surface area (Å²) < 4.78 is 0. The lowest BCUT2D eigenvalue weighted by Gasteiger charge is -2.39. The Labute approximate surface area is 92.6 Å². The normalized spacial score (nSPS) is 21.1. The van der Waals surface area contributed by atoms with Gasteiger partial charge in [-0.1, -0.05) is 0 Å². The van der Waals surface area contributed by atoms with Crippen LogP contribution in [-0.4, -0.2) is 61.0 Å². The number of likely N-dealkylation sites (N-methyl/N-ethyl adjacent to an activating group) is 1. The molecule has 1 rings (SSSR count). The van der Waals surface area contributed by atoms with E-state index in [1.807, 2.05) is 11.9 Å². The van der Waals surface area contributed by atoms with Crippen LogP contribution in [0.5, 0.6) is 0 Å². The van der Waals surface area contributed by atoms with E-state index < -0.39 is 0 Å². The van der Waals surface area contributed by atoms with E-state index in [2.05, 4.69) is 31.0 Å². The molecule has 88 valence electrons. The monoisotopic (exact) mass is 213 g/mol. The summed E-state index contributed by atoms with van der Waals surface area (Å²) in [5.41, 5.74) is 0. The van der Waals surface area contributed by atoms with Crippen molar-refractivity contribution in [2.24, 2.45) is 0 Å². The average Bonchev–Trinajstić information content (AvgIpc) is 2.17. The number of piperazine rings is 1. The average molecular weight is 213 g/mol. The van der Waals surface area contributed by atoms with E-state index in [1.165, 1.54) is 0 Å². The summed E-state index contributed by atoms with van der Waals surface area (Å²) in [7, 11) is 1.92. The van der Waals surface area contributed by atoms with Gasteiger partial charge in [-0.15, -0.1) is 0 Å². The van der Waals surface area contributed by atoms with Crippen LogP contribution >= 0.6 is 0 Å². The van der Waals surface area contributed by atoms with Gasteiger partial charge in [0.2, 0.25) is 5.91 Å². The van der Waals surface area contributed by atoms with Crippen LogP contribution in [0.4, 0.5) is 0 Å². The van der Waals surface area contributed by atoms with Gasteiger partial charge in [-0.25, -0.2) is 0 Å². The van der Waals surface area contributed by atoms with Crippen LogP contribution in [0.3, 0.4) is 0 Å². The first-order chi connectivity index (χ1) is 7.06. The van der Waals surface area contributed by atoms with E-state index in [4.69, 9.17) is 0 Å². The highest BCUT2D eigenvalue weighted by Crippen LogP contribution is 2.09. The Morgan fingerprint density at radius 3 is 2.47 bits per heavy atom. The zero-order valence-corrected chi connectivity index (χ0v) is 10.3. The molecule has 1 aliphatic heterocycles. The first-order valence-electron chi connectivity index (χ1n) is 5.74. The van der Waals surface area contributed by atoms with Crippen LogP contribution in [0, 0.1) is 0 Å². The molecule has 0 aromatic rings. The second-order valence-corrected chi connectivity index (χ2v) is 4.56. The maximum atomic E-state index is 11.9. The number of carbonyl (C=O) groups excluding carboxylic acids is 1. The molecule has 0 bridgehead atoms. The van der Waals surface area contributed by atoms with E-state index in [0.29, 0.717) is 18.6 Å². The Kier molecular flexibility index (Phi) is 4.54. The largest absolute Gasteiger partial charge is 0.336 e. The Morgan fingerprint density at radius 1 is 1.33 bits per heavy atom. The molecule has 0 aromatic carbocycles. The summed E-state index contributed by atoms with van der Waals surface area (Å²) >= 11 is 0. The maximum Gasteiger partial charge on any atom is 0.237 e. The molecule has 4 heteroatoms. The van der Waals surface area contributed by atoms with Gasteiger partial charge in [0, 0.05) is 31.7 Å². The van der Waals surface area contributed by atoms with Gasteiger partial charge in [-0.3, -0.25) is 9.69 Å². The van der Waals surface area contributed by atoms with Crippen LogP contribution in [0.2, 0.25) is 0 Å². The van der Waals surface area contributed by atoms with Crippen LogP contribution in [0.1, 0.15) is 20.8 Å². The zero-order chi connectivity index (χ0) is 11.4. The third kappa shape index (κ3) is 3.18. The molecule has 1 aliphatic rings. The summed E-state index contributed by atoms with van der Waals surface area (Å²) in [4.78, 5) is 16.1. The molecular formula is C11H23N3O. The molecule has 1 unspecified atom stereocenters. The zero-order valence-electron chi connectivity index (χ0n) is 10.3. The van der Waals surface area contributed by atoms with Crippen molar-refractivity contribution in [1.29, 1.82) is 0 Å². The number of carbonyl (C=O) groups is 1. The van der Waals surface area contributed by atoms with E-state index in [-0.39, 0.29) is 5.91 Å². The second kappa shape index (κ2) is 5.47. The van der Waals surface area contributed by atoms with Gasteiger partial charge in [-0.2, -0.15) is 0 Å². The molecule has 1 fully saturated rings. The minimum absolute atomic E-state index is 0.262. The minimum atomic E-state index is 0.262. The molecule has 0 aliphatic carbocycles. The maximum absolute atomic E-state index is 11.9. The van der Waals surface area contributed by atoms with Crippen molar-refractivity contribution < 1.29 is 4.79 Å². The van der Waals surface area contributed by atoms with Crippen molar-refractivity contribution >= 4 is 5.91 Å². The Balaban J connectivity index is 2.49. The number of amides is 1. The number of nitrogens with one attached hydrogen (secondary N) is 1. The molecular weight excluding hydrogens is 190 g/mol. The van der Waals surface area contributed by atoms with Gasteiger partial charge in [0.15, 0.2) is 0 Å². The Morgan fingerprint density at radius 2 is 2.00 bits per heavy atom. The fourth-order valence-electron chi connectivity index (χ4n) is 2.02. The highest BCUT2D eigenvalue weighted by molar-refractivity contribution is 5.79. The smallest absolute Gasteiger partial charge is 0.237 e. The van der Waals surface area contributed by atoms with Gasteiger partial charge >= 0.3 is 0 Å². The lowest BCUT2D eigenvalue weighted by Crippen LogP contribution is -2.56. The van der Waals surface area contributed by atoms with Crippen molar-refractivity contribution in [2.75, 3.05) is 33.2 Å². The highest BCUT2D eigenvalue weighted by atomic mass is 16.2. The fraction of sp³-hybridized carbons (Fsp3) is 0.909. The van der Waals surface area contributed by atoms with Crippen LogP contribution in [-0.2, 0) is 4.79 Å². The topological polar surface area (TPSA) is 35.6 Å².